The van der Waals surface area contributed by atoms with Crippen molar-refractivity contribution < 1.29 is 12.8 Å². The van der Waals surface area contributed by atoms with Crippen molar-refractivity contribution >= 4 is 9.84 Å². The number of nitrogens with one attached hydrogen (secondary N) is 1. The Balaban J connectivity index is 3.15. The topological polar surface area (TPSA) is 46.2 Å². The van der Waals surface area contributed by atoms with E-state index >= 15 is 0 Å². The molecule has 0 aliphatic rings. The van der Waals surface area contributed by atoms with Crippen LogP contribution in [0.4, 0.5) is 4.39 Å². The minimum absolute atomic E-state index is 0.141. The molecule has 0 fully saturated rings. The van der Waals surface area contributed by atoms with Crippen LogP contribution in [0, 0.1) is 12.7 Å². The van der Waals surface area contributed by atoms with Gasteiger partial charge in [-0.2, -0.15) is 0 Å². The Labute approximate surface area is 82.9 Å². The Bertz CT molecular complexity index is 428. The SMILES string of the molecule is CNCS(=O)(=O)c1ccc(F)c(C)c1. The zero-order valence-electron chi connectivity index (χ0n) is 8.04. The number of hydrogen-bond donors (Lipinski definition) is 1. The molecule has 1 aromatic rings. The second-order valence-electron chi connectivity index (χ2n) is 3.02. The normalized spacial score (nSPS) is 11.6. The first-order valence-electron chi connectivity index (χ1n) is 4.11. The lowest BCUT2D eigenvalue weighted by Gasteiger charge is -2.04. The number of halogens is 1. The smallest absolute Gasteiger partial charge is 0.191 e. The lowest BCUT2D eigenvalue weighted by Crippen LogP contribution is -2.19. The number of hydrogen-bond acceptors (Lipinski definition) is 3. The summed E-state index contributed by atoms with van der Waals surface area (Å²) in [6.45, 7) is 1.54. The van der Waals surface area contributed by atoms with Gasteiger partial charge < -0.3 is 5.32 Å². The molecule has 0 aliphatic heterocycles. The molecule has 0 atom stereocenters. The highest BCUT2D eigenvalue weighted by atomic mass is 32.2. The van der Waals surface area contributed by atoms with Crippen LogP contribution in [0.2, 0.25) is 0 Å². The Morgan fingerprint density at radius 2 is 2.07 bits per heavy atom. The Morgan fingerprint density at radius 3 is 2.57 bits per heavy atom. The van der Waals surface area contributed by atoms with Crippen LogP contribution in [0.1, 0.15) is 5.56 Å². The molecule has 14 heavy (non-hydrogen) atoms. The van der Waals surface area contributed by atoms with E-state index in [0.29, 0.717) is 5.56 Å². The van der Waals surface area contributed by atoms with E-state index < -0.39 is 15.7 Å². The van der Waals surface area contributed by atoms with Crippen LogP contribution in [0.3, 0.4) is 0 Å². The highest BCUT2D eigenvalue weighted by Crippen LogP contribution is 2.14. The van der Waals surface area contributed by atoms with Gasteiger partial charge in [0, 0.05) is 0 Å². The van der Waals surface area contributed by atoms with E-state index in [1.807, 2.05) is 0 Å². The van der Waals surface area contributed by atoms with Crippen molar-refractivity contribution in [2.45, 2.75) is 11.8 Å². The van der Waals surface area contributed by atoms with Crippen molar-refractivity contribution in [3.8, 4) is 0 Å². The lowest BCUT2D eigenvalue weighted by atomic mass is 10.2. The molecule has 0 radical (unpaired) electrons. The average Bonchev–Trinajstić information content (AvgIpc) is 2.09. The summed E-state index contributed by atoms with van der Waals surface area (Å²) in [7, 11) is -1.78. The van der Waals surface area contributed by atoms with Gasteiger partial charge in [-0.25, -0.2) is 12.8 Å². The van der Waals surface area contributed by atoms with Gasteiger partial charge in [-0.15, -0.1) is 0 Å². The molecule has 0 saturated carbocycles. The van der Waals surface area contributed by atoms with Gasteiger partial charge >= 0.3 is 0 Å². The first kappa shape index (κ1) is 11.1. The van der Waals surface area contributed by atoms with Crippen LogP contribution in [0.25, 0.3) is 0 Å². The van der Waals surface area contributed by atoms with Crippen molar-refractivity contribution in [1.82, 2.24) is 5.32 Å². The highest BCUT2D eigenvalue weighted by molar-refractivity contribution is 7.91. The van der Waals surface area contributed by atoms with Gasteiger partial charge in [-0.05, 0) is 37.7 Å². The van der Waals surface area contributed by atoms with Gasteiger partial charge in [0.15, 0.2) is 9.84 Å². The molecular weight excluding hydrogens is 205 g/mol. The van der Waals surface area contributed by atoms with Crippen molar-refractivity contribution in [2.24, 2.45) is 0 Å². The van der Waals surface area contributed by atoms with Crippen LogP contribution in [-0.2, 0) is 9.84 Å². The van der Waals surface area contributed by atoms with Crippen molar-refractivity contribution in [3.05, 3.63) is 29.6 Å². The number of rotatable bonds is 3. The van der Waals surface area contributed by atoms with E-state index in [-0.39, 0.29) is 10.8 Å². The standard InChI is InChI=1S/C9H12FNO2S/c1-7-5-8(3-4-9(7)10)14(12,13)6-11-2/h3-5,11H,6H2,1-2H3. The van der Waals surface area contributed by atoms with Gasteiger partial charge in [0.05, 0.1) is 4.90 Å². The van der Waals surface area contributed by atoms with E-state index in [2.05, 4.69) is 5.32 Å². The maximum atomic E-state index is 12.9. The summed E-state index contributed by atoms with van der Waals surface area (Å²) in [6.07, 6.45) is 0. The van der Waals surface area contributed by atoms with Gasteiger partial charge in [0.2, 0.25) is 0 Å². The Hall–Kier alpha value is -0.940. The summed E-state index contributed by atoms with van der Waals surface area (Å²) in [6, 6.07) is 3.77. The third-order valence-electron chi connectivity index (χ3n) is 1.82. The fourth-order valence-corrected chi connectivity index (χ4v) is 2.26. The molecule has 0 spiro atoms. The zero-order valence-corrected chi connectivity index (χ0v) is 8.86. The highest BCUT2D eigenvalue weighted by Gasteiger charge is 2.13. The van der Waals surface area contributed by atoms with E-state index in [1.165, 1.54) is 19.1 Å². The van der Waals surface area contributed by atoms with Gasteiger partial charge in [0.25, 0.3) is 0 Å². The maximum absolute atomic E-state index is 12.9. The van der Waals surface area contributed by atoms with Crippen LogP contribution >= 0.6 is 0 Å². The molecule has 1 aromatic carbocycles. The van der Waals surface area contributed by atoms with Crippen LogP contribution in [0.5, 0.6) is 0 Å². The molecule has 0 aliphatic carbocycles. The predicted molar refractivity (Wildman–Crippen MR) is 52.2 cm³/mol. The summed E-state index contributed by atoms with van der Waals surface area (Å²) >= 11 is 0. The summed E-state index contributed by atoms with van der Waals surface area (Å²) in [5.74, 6) is -0.536. The van der Waals surface area contributed by atoms with Crippen LogP contribution in [-0.4, -0.2) is 21.3 Å². The van der Waals surface area contributed by atoms with Gasteiger partial charge in [0.1, 0.15) is 11.7 Å². The molecule has 0 amide bonds. The monoisotopic (exact) mass is 217 g/mol. The first-order chi connectivity index (χ1) is 6.47. The molecule has 1 N–H and O–H groups in total. The summed E-state index contributed by atoms with van der Waals surface area (Å²) < 4.78 is 35.9. The van der Waals surface area contributed by atoms with E-state index in [1.54, 1.807) is 7.05 Å². The molecule has 0 heterocycles. The molecule has 5 heteroatoms. The third-order valence-corrected chi connectivity index (χ3v) is 3.46. The average molecular weight is 217 g/mol. The van der Waals surface area contributed by atoms with Crippen molar-refractivity contribution in [1.29, 1.82) is 0 Å². The molecule has 0 aromatic heterocycles. The summed E-state index contributed by atoms with van der Waals surface area (Å²) in [4.78, 5) is 0.144. The third kappa shape index (κ3) is 2.30. The Morgan fingerprint density at radius 1 is 1.43 bits per heavy atom. The quantitative estimate of drug-likeness (QED) is 0.771. The number of sulfone groups is 1. The Kier molecular flexibility index (Phi) is 3.23. The lowest BCUT2D eigenvalue weighted by molar-refractivity contribution is 0.589. The predicted octanol–water partition coefficient (Wildman–Crippen LogP) is 1.08. The molecular formula is C9H12FNO2S. The maximum Gasteiger partial charge on any atom is 0.191 e. The second kappa shape index (κ2) is 4.06. The number of benzene rings is 1. The van der Waals surface area contributed by atoms with Gasteiger partial charge in [-0.3, -0.25) is 0 Å². The molecule has 78 valence electrons. The molecule has 3 nitrogen and oxygen atoms in total. The van der Waals surface area contributed by atoms with E-state index in [0.717, 1.165) is 6.07 Å². The van der Waals surface area contributed by atoms with E-state index in [4.69, 9.17) is 0 Å². The molecule has 1 rings (SSSR count). The fraction of sp³-hybridized carbons (Fsp3) is 0.333. The summed E-state index contributed by atoms with van der Waals surface area (Å²) in [5.41, 5.74) is 0.335. The van der Waals surface area contributed by atoms with Crippen LogP contribution < -0.4 is 5.32 Å². The fourth-order valence-electron chi connectivity index (χ4n) is 1.08. The van der Waals surface area contributed by atoms with Crippen molar-refractivity contribution in [3.63, 3.8) is 0 Å². The number of aryl methyl sites for hydroxylation is 1. The second-order valence-corrected chi connectivity index (χ2v) is 5.01. The zero-order chi connectivity index (χ0) is 10.8. The first-order valence-corrected chi connectivity index (χ1v) is 5.76. The van der Waals surface area contributed by atoms with E-state index in [9.17, 15) is 12.8 Å². The summed E-state index contributed by atoms with van der Waals surface area (Å²) in [5, 5.41) is 2.56. The minimum atomic E-state index is -3.33. The minimum Gasteiger partial charge on any atom is -0.306 e. The van der Waals surface area contributed by atoms with Crippen LogP contribution in [0.15, 0.2) is 23.1 Å². The molecule has 0 unspecified atom stereocenters. The van der Waals surface area contributed by atoms with Crippen molar-refractivity contribution in [2.75, 3.05) is 12.9 Å². The molecule has 0 bridgehead atoms. The molecule has 0 saturated heterocycles. The van der Waals surface area contributed by atoms with Gasteiger partial charge in [-0.1, -0.05) is 0 Å². The largest absolute Gasteiger partial charge is 0.306 e.